The molecule has 4 nitrogen and oxygen atoms in total. The van der Waals surface area contributed by atoms with E-state index in [0.717, 1.165) is 51.4 Å². The van der Waals surface area contributed by atoms with Crippen molar-refractivity contribution in [1.82, 2.24) is 5.32 Å². The van der Waals surface area contributed by atoms with Gasteiger partial charge in [0.25, 0.3) is 0 Å². The predicted octanol–water partition coefficient (Wildman–Crippen LogP) is 6.74. The summed E-state index contributed by atoms with van der Waals surface area (Å²) in [4.78, 5) is 25.4. The Balaban J connectivity index is 1.61. The summed E-state index contributed by atoms with van der Waals surface area (Å²) in [6.45, 7) is 16.7. The van der Waals surface area contributed by atoms with Crippen molar-refractivity contribution in [3.63, 3.8) is 0 Å². The second-order valence-corrected chi connectivity index (χ2v) is 14.9. The van der Waals surface area contributed by atoms with Crippen LogP contribution in [0.2, 0.25) is 0 Å². The Kier molecular flexibility index (Phi) is 5.11. The molecule has 0 bridgehead atoms. The van der Waals surface area contributed by atoms with Gasteiger partial charge in [0.15, 0.2) is 0 Å². The number of allylic oxidation sites excluding steroid dienone is 2. The Bertz CT molecular complexity index is 949. The Hall–Kier alpha value is -1.32. The maximum absolute atomic E-state index is 12.8. The van der Waals surface area contributed by atoms with Gasteiger partial charge in [0.2, 0.25) is 5.91 Å². The highest BCUT2D eigenvalue weighted by molar-refractivity contribution is 5.77. The van der Waals surface area contributed by atoms with Crippen molar-refractivity contribution in [2.75, 3.05) is 0 Å². The van der Waals surface area contributed by atoms with Gasteiger partial charge in [-0.1, -0.05) is 46.3 Å². The maximum atomic E-state index is 12.8. The minimum absolute atomic E-state index is 0.0365. The molecule has 2 unspecified atom stereocenters. The zero-order valence-corrected chi connectivity index (χ0v) is 22.6. The van der Waals surface area contributed by atoms with Crippen LogP contribution >= 0.6 is 0 Å². The lowest BCUT2D eigenvalue weighted by molar-refractivity contribution is -0.175. The van der Waals surface area contributed by atoms with Gasteiger partial charge in [0.1, 0.15) is 0 Å². The first kappa shape index (κ1) is 24.4. The van der Waals surface area contributed by atoms with Gasteiger partial charge in [-0.25, -0.2) is 0 Å². The minimum Gasteiger partial charge on any atom is -0.481 e. The number of rotatable bonds is 1. The molecule has 0 aromatic heterocycles. The molecule has 2 N–H and O–H groups in total. The third kappa shape index (κ3) is 3.01. The Morgan fingerprint density at radius 3 is 2.29 bits per heavy atom. The fourth-order valence-corrected chi connectivity index (χ4v) is 10.4. The van der Waals surface area contributed by atoms with Gasteiger partial charge in [0.05, 0.1) is 5.41 Å². The van der Waals surface area contributed by atoms with Crippen LogP contribution in [0.15, 0.2) is 11.6 Å². The molecule has 1 heterocycles. The molecule has 1 amide bonds. The maximum Gasteiger partial charge on any atom is 0.310 e. The zero-order chi connectivity index (χ0) is 24.9. The molecule has 3 saturated carbocycles. The summed E-state index contributed by atoms with van der Waals surface area (Å²) in [5, 5.41) is 13.9. The first-order valence-electron chi connectivity index (χ1n) is 13.9. The summed E-state index contributed by atoms with van der Waals surface area (Å²) in [6, 6.07) is 0. The van der Waals surface area contributed by atoms with E-state index < -0.39 is 11.4 Å². The van der Waals surface area contributed by atoms with E-state index in [1.54, 1.807) is 0 Å². The van der Waals surface area contributed by atoms with E-state index in [4.69, 9.17) is 0 Å². The van der Waals surface area contributed by atoms with E-state index in [9.17, 15) is 14.7 Å². The molecular formula is C30H47NO3. The van der Waals surface area contributed by atoms with Crippen LogP contribution in [0.25, 0.3) is 0 Å². The van der Waals surface area contributed by atoms with Crippen molar-refractivity contribution in [3.8, 4) is 0 Å². The summed E-state index contributed by atoms with van der Waals surface area (Å²) in [7, 11) is 0. The molecule has 5 aliphatic rings. The summed E-state index contributed by atoms with van der Waals surface area (Å²) in [5.74, 6) is 0.791. The number of carboxylic acid groups (broad SMARTS) is 1. The monoisotopic (exact) mass is 469 g/mol. The van der Waals surface area contributed by atoms with Gasteiger partial charge in [0, 0.05) is 12.0 Å². The number of carboxylic acids is 1. The van der Waals surface area contributed by atoms with Crippen LogP contribution in [0.5, 0.6) is 0 Å². The van der Waals surface area contributed by atoms with Gasteiger partial charge in [-0.15, -0.1) is 0 Å². The summed E-state index contributed by atoms with van der Waals surface area (Å²) < 4.78 is 0. The minimum atomic E-state index is -0.578. The van der Waals surface area contributed by atoms with Crippen LogP contribution in [0, 0.1) is 44.8 Å². The lowest BCUT2D eigenvalue weighted by Gasteiger charge is -2.69. The van der Waals surface area contributed by atoms with Crippen LogP contribution in [-0.4, -0.2) is 22.5 Å². The fourth-order valence-electron chi connectivity index (χ4n) is 10.4. The molecule has 1 saturated heterocycles. The van der Waals surface area contributed by atoms with E-state index in [1.807, 2.05) is 0 Å². The van der Waals surface area contributed by atoms with Crippen molar-refractivity contribution in [3.05, 3.63) is 11.6 Å². The van der Waals surface area contributed by atoms with Crippen LogP contribution in [0.4, 0.5) is 0 Å². The quantitative estimate of drug-likeness (QED) is 0.418. The first-order chi connectivity index (χ1) is 15.6. The van der Waals surface area contributed by atoms with Crippen molar-refractivity contribution in [1.29, 1.82) is 0 Å². The summed E-state index contributed by atoms with van der Waals surface area (Å²) in [6.07, 6.45) is 12.1. The smallest absolute Gasteiger partial charge is 0.310 e. The number of carbonyl (C=O) groups is 2. The SMILES string of the molecule is CC1(C)CCC2(C(=O)O)CC[C@]3(C)C(=CC[C@@H]4[C@@]5(C)CCC(=O)NC(C)(C)[C@@H]5CC[C@]43C)C2C1. The van der Waals surface area contributed by atoms with E-state index in [2.05, 4.69) is 59.9 Å². The first-order valence-corrected chi connectivity index (χ1v) is 13.9. The highest BCUT2D eigenvalue weighted by Gasteiger charge is 2.68. The number of aliphatic carboxylic acids is 1. The third-order valence-corrected chi connectivity index (χ3v) is 12.6. The Morgan fingerprint density at radius 2 is 1.62 bits per heavy atom. The molecule has 0 spiro atoms. The average Bonchev–Trinajstić information content (AvgIpc) is 2.80. The summed E-state index contributed by atoms with van der Waals surface area (Å²) >= 11 is 0. The van der Waals surface area contributed by atoms with Crippen LogP contribution in [0.3, 0.4) is 0 Å². The summed E-state index contributed by atoms with van der Waals surface area (Å²) in [5.41, 5.74) is 1.19. The van der Waals surface area contributed by atoms with Crippen molar-refractivity contribution < 1.29 is 14.7 Å². The lowest BCUT2D eigenvalue weighted by atomic mass is 9.35. The second-order valence-electron chi connectivity index (χ2n) is 14.9. The average molecular weight is 470 g/mol. The standard InChI is InChI=1S/C30H47NO3/c1-25(2)14-16-30(24(33)34)17-15-28(6)19(20(30)18-25)8-9-22-27(5)12-11-23(32)31-26(3,4)21(27)10-13-29(22,28)7/h8,20-22H,9-18H2,1-7H3,(H,31,32)(H,33,34)/t20?,21-,22+,27-,28+,29+,30?/m0/s1. The zero-order valence-electron chi connectivity index (χ0n) is 22.6. The molecule has 5 rings (SSSR count). The highest BCUT2D eigenvalue weighted by atomic mass is 16.4. The third-order valence-electron chi connectivity index (χ3n) is 12.6. The van der Waals surface area contributed by atoms with Gasteiger partial charge < -0.3 is 10.4 Å². The number of nitrogens with one attached hydrogen (secondary N) is 1. The molecule has 4 fully saturated rings. The van der Waals surface area contributed by atoms with Crippen molar-refractivity contribution in [2.24, 2.45) is 44.8 Å². The van der Waals surface area contributed by atoms with Gasteiger partial charge in [-0.3, -0.25) is 9.59 Å². The largest absolute Gasteiger partial charge is 0.481 e. The van der Waals surface area contributed by atoms with Gasteiger partial charge >= 0.3 is 5.97 Å². The molecule has 34 heavy (non-hydrogen) atoms. The normalized spacial score (nSPS) is 49.2. The molecule has 4 heteroatoms. The van der Waals surface area contributed by atoms with E-state index in [0.29, 0.717) is 18.3 Å². The van der Waals surface area contributed by atoms with Crippen LogP contribution in [-0.2, 0) is 9.59 Å². The number of amides is 1. The number of carbonyl (C=O) groups excluding carboxylic acids is 1. The fraction of sp³-hybridized carbons (Fsp3) is 0.867. The number of hydrogen-bond acceptors (Lipinski definition) is 2. The Morgan fingerprint density at radius 1 is 0.941 bits per heavy atom. The topological polar surface area (TPSA) is 66.4 Å². The van der Waals surface area contributed by atoms with E-state index >= 15 is 0 Å². The van der Waals surface area contributed by atoms with E-state index in [1.165, 1.54) is 12.0 Å². The highest BCUT2D eigenvalue weighted by Crippen LogP contribution is 2.74. The molecule has 4 aliphatic carbocycles. The lowest BCUT2D eigenvalue weighted by Crippen LogP contribution is -2.64. The van der Waals surface area contributed by atoms with Crippen LogP contribution < -0.4 is 5.32 Å². The molecule has 0 aromatic rings. The number of hydrogen-bond donors (Lipinski definition) is 2. The Labute approximate surface area is 206 Å². The molecule has 190 valence electrons. The molecule has 1 aliphatic heterocycles. The molecule has 0 aromatic carbocycles. The molecular weight excluding hydrogens is 422 g/mol. The second kappa shape index (κ2) is 7.13. The van der Waals surface area contributed by atoms with Gasteiger partial charge in [-0.2, -0.15) is 0 Å². The van der Waals surface area contributed by atoms with Crippen molar-refractivity contribution >= 4 is 11.9 Å². The predicted molar refractivity (Wildman–Crippen MR) is 135 cm³/mol. The van der Waals surface area contributed by atoms with Crippen LogP contribution in [0.1, 0.15) is 113 Å². The number of fused-ring (bicyclic) bond motifs is 7. The van der Waals surface area contributed by atoms with Gasteiger partial charge in [-0.05, 0) is 111 Å². The molecule has 7 atom stereocenters. The molecule has 0 radical (unpaired) electrons. The van der Waals surface area contributed by atoms with E-state index in [-0.39, 0.29) is 39.0 Å². The van der Waals surface area contributed by atoms with Crippen molar-refractivity contribution in [2.45, 2.75) is 118 Å².